The van der Waals surface area contributed by atoms with Crippen molar-refractivity contribution in [3.63, 3.8) is 0 Å². The van der Waals surface area contributed by atoms with E-state index in [1.165, 1.54) is 0 Å². The summed E-state index contributed by atoms with van der Waals surface area (Å²) >= 11 is 2.37. The van der Waals surface area contributed by atoms with Crippen LogP contribution in [-0.2, 0) is 29.3 Å². The van der Waals surface area contributed by atoms with Crippen LogP contribution in [0.25, 0.3) is 28.2 Å². The largest absolute Gasteiger partial charge is 0.476 e. The van der Waals surface area contributed by atoms with E-state index >= 15 is 0 Å². The van der Waals surface area contributed by atoms with E-state index in [9.17, 15) is 0 Å². The summed E-state index contributed by atoms with van der Waals surface area (Å²) in [6, 6.07) is 2.05. The number of hydrogen-bond donors (Lipinski definition) is 0. The van der Waals surface area contributed by atoms with Crippen LogP contribution in [-0.4, -0.2) is 86.6 Å². The zero-order chi connectivity index (χ0) is 36.2. The fraction of sp³-hybridized carbons (Fsp3) is 0.611. The van der Waals surface area contributed by atoms with Gasteiger partial charge in [-0.1, -0.05) is 34.3 Å². The van der Waals surface area contributed by atoms with Crippen LogP contribution in [0.15, 0.2) is 25.0 Å². The average molecular weight is 819 g/mol. The predicted octanol–water partition coefficient (Wildman–Crippen LogP) is 7.68. The van der Waals surface area contributed by atoms with E-state index in [2.05, 4.69) is 97.6 Å². The number of fused-ring (bicyclic) bond motifs is 1. The number of likely N-dealkylation sites (N-methyl/N-ethyl adjacent to an activating group) is 1. The molecule has 0 N–H and O–H groups in total. The Labute approximate surface area is 311 Å². The molecule has 0 spiro atoms. The van der Waals surface area contributed by atoms with Gasteiger partial charge in [0.2, 0.25) is 11.8 Å². The number of aryl methyl sites for hydroxylation is 1. The molecule has 274 valence electrons. The molecule has 1 unspecified atom stereocenters. The predicted molar refractivity (Wildman–Crippen MR) is 209 cm³/mol. The molecular formula is C36H55IN8O4Si. The first-order valence-electron chi connectivity index (χ1n) is 17.8. The molecule has 1 saturated heterocycles. The zero-order valence-electron chi connectivity index (χ0n) is 31.3. The molecule has 0 aromatic carbocycles. The fourth-order valence-corrected chi connectivity index (χ4v) is 7.71. The summed E-state index contributed by atoms with van der Waals surface area (Å²) in [7, 11) is 0.0246. The Bertz CT molecular complexity index is 1750. The van der Waals surface area contributed by atoms with Crippen LogP contribution in [0.3, 0.4) is 0 Å². The smallest absolute Gasteiger partial charge is 0.246 e. The van der Waals surface area contributed by atoms with Gasteiger partial charge in [-0.3, -0.25) is 14.6 Å². The maximum absolute atomic E-state index is 6.64. The van der Waals surface area contributed by atoms with Gasteiger partial charge in [-0.2, -0.15) is 10.2 Å². The molecule has 12 nitrogen and oxygen atoms in total. The molecule has 1 fully saturated rings. The minimum Gasteiger partial charge on any atom is -0.476 e. The van der Waals surface area contributed by atoms with Crippen molar-refractivity contribution in [1.82, 2.24) is 39.2 Å². The van der Waals surface area contributed by atoms with Crippen molar-refractivity contribution < 1.29 is 18.6 Å². The van der Waals surface area contributed by atoms with E-state index in [0.29, 0.717) is 44.6 Å². The average Bonchev–Trinajstić information content (AvgIpc) is 3.73. The SMILES string of the molecule is C=Cc1nn(C2CCCCO2)c2cnc(-c3cnn(C)c3O[C@@H](C)CN(CC)Cc3c(I)c(OCC)nn3CCO[Si](C)(C)C(C)(C)C)cc12. The molecule has 2 atom stereocenters. The van der Waals surface area contributed by atoms with E-state index in [1.807, 2.05) is 31.0 Å². The summed E-state index contributed by atoms with van der Waals surface area (Å²) in [5.74, 6) is 1.35. The highest BCUT2D eigenvalue weighted by molar-refractivity contribution is 14.1. The molecule has 0 aliphatic carbocycles. The molecule has 50 heavy (non-hydrogen) atoms. The summed E-state index contributed by atoms with van der Waals surface area (Å²) in [6.45, 7) is 26.5. The molecule has 1 aliphatic rings. The van der Waals surface area contributed by atoms with Crippen LogP contribution in [0.4, 0.5) is 0 Å². The van der Waals surface area contributed by atoms with Crippen molar-refractivity contribution in [3.8, 4) is 23.0 Å². The quantitative estimate of drug-likeness (QED) is 0.0832. The van der Waals surface area contributed by atoms with Crippen LogP contribution in [0.1, 0.15) is 78.4 Å². The van der Waals surface area contributed by atoms with Gasteiger partial charge in [-0.15, -0.1) is 5.10 Å². The van der Waals surface area contributed by atoms with E-state index in [4.69, 9.17) is 33.8 Å². The van der Waals surface area contributed by atoms with Gasteiger partial charge in [0.05, 0.1) is 63.9 Å². The number of aromatic nitrogens is 7. The van der Waals surface area contributed by atoms with Crippen molar-refractivity contribution in [3.05, 3.63) is 40.0 Å². The highest BCUT2D eigenvalue weighted by Crippen LogP contribution is 2.37. The van der Waals surface area contributed by atoms with Crippen molar-refractivity contribution >= 4 is 47.9 Å². The van der Waals surface area contributed by atoms with E-state index in [-0.39, 0.29) is 17.4 Å². The fourth-order valence-electron chi connectivity index (χ4n) is 5.96. The lowest BCUT2D eigenvalue weighted by molar-refractivity contribution is -0.0367. The molecule has 0 bridgehead atoms. The monoisotopic (exact) mass is 818 g/mol. The van der Waals surface area contributed by atoms with Crippen molar-refractivity contribution in [2.45, 2.75) is 104 Å². The third-order valence-corrected chi connectivity index (χ3v) is 15.5. The minimum absolute atomic E-state index is 0.0875. The molecule has 1 aliphatic heterocycles. The highest BCUT2D eigenvalue weighted by atomic mass is 127. The number of pyridine rings is 1. The van der Waals surface area contributed by atoms with E-state index in [0.717, 1.165) is 69.5 Å². The van der Waals surface area contributed by atoms with E-state index < -0.39 is 8.32 Å². The Morgan fingerprint density at radius 3 is 2.64 bits per heavy atom. The minimum atomic E-state index is -1.88. The second kappa shape index (κ2) is 16.3. The Balaban J connectivity index is 1.32. The van der Waals surface area contributed by atoms with Gasteiger partial charge < -0.3 is 18.6 Å². The normalized spacial score (nSPS) is 16.3. The molecule has 0 saturated carbocycles. The van der Waals surface area contributed by atoms with Gasteiger partial charge in [0, 0.05) is 32.1 Å². The molecule has 5 rings (SSSR count). The topological polar surface area (TPSA) is 107 Å². The van der Waals surface area contributed by atoms with Crippen LogP contribution in [0, 0.1) is 3.57 Å². The van der Waals surface area contributed by atoms with Crippen molar-refractivity contribution in [1.29, 1.82) is 0 Å². The maximum atomic E-state index is 6.64. The number of ether oxygens (including phenoxy) is 3. The Morgan fingerprint density at radius 2 is 1.98 bits per heavy atom. The van der Waals surface area contributed by atoms with Crippen LogP contribution in [0.5, 0.6) is 11.8 Å². The summed E-state index contributed by atoms with van der Waals surface area (Å²) in [4.78, 5) is 7.24. The van der Waals surface area contributed by atoms with Gasteiger partial charge >= 0.3 is 0 Å². The lowest BCUT2D eigenvalue weighted by atomic mass is 10.1. The molecule has 4 aromatic heterocycles. The van der Waals surface area contributed by atoms with Gasteiger partial charge in [-0.05, 0) is 92.5 Å². The Kier molecular flexibility index (Phi) is 12.5. The first-order valence-corrected chi connectivity index (χ1v) is 21.8. The third-order valence-electron chi connectivity index (χ3n) is 9.87. The van der Waals surface area contributed by atoms with Gasteiger partial charge in [0.25, 0.3) is 0 Å². The summed E-state index contributed by atoms with van der Waals surface area (Å²) in [5.41, 5.74) is 4.47. The van der Waals surface area contributed by atoms with Gasteiger partial charge in [0.15, 0.2) is 14.5 Å². The number of rotatable bonds is 16. The zero-order valence-corrected chi connectivity index (χ0v) is 34.5. The molecule has 4 aromatic rings. The molecule has 0 radical (unpaired) electrons. The molecular weight excluding hydrogens is 763 g/mol. The number of nitrogens with zero attached hydrogens (tertiary/aromatic N) is 8. The lowest BCUT2D eigenvalue weighted by Crippen LogP contribution is -2.41. The molecule has 0 amide bonds. The highest BCUT2D eigenvalue weighted by Gasteiger charge is 2.37. The number of hydrogen-bond acceptors (Lipinski definition) is 9. The van der Waals surface area contributed by atoms with Crippen LogP contribution in [0.2, 0.25) is 18.1 Å². The first-order chi connectivity index (χ1) is 23.8. The maximum Gasteiger partial charge on any atom is 0.246 e. The van der Waals surface area contributed by atoms with Crippen molar-refractivity contribution in [2.75, 3.05) is 32.9 Å². The summed E-state index contributed by atoms with van der Waals surface area (Å²) in [5, 5.41) is 15.4. The summed E-state index contributed by atoms with van der Waals surface area (Å²) < 4.78 is 31.9. The van der Waals surface area contributed by atoms with Gasteiger partial charge in [-0.25, -0.2) is 9.36 Å². The molecule has 5 heterocycles. The lowest BCUT2D eigenvalue weighted by Gasteiger charge is -2.36. The Hall–Kier alpha value is -2.79. The van der Waals surface area contributed by atoms with Crippen LogP contribution >= 0.6 is 22.6 Å². The summed E-state index contributed by atoms with van der Waals surface area (Å²) in [6.07, 6.45) is 8.40. The Morgan fingerprint density at radius 1 is 1.20 bits per heavy atom. The third kappa shape index (κ3) is 8.46. The first kappa shape index (κ1) is 38.4. The van der Waals surface area contributed by atoms with Crippen LogP contribution < -0.4 is 9.47 Å². The standard InChI is InChI=1S/C36H55IN8O4Si/c1-11-28-26-20-29(38-22-30(26)45(40-28)32-16-14-15-18-47-32)27-21-39-42(8)35(27)49-25(4)23-43(12-2)24-31-33(37)34(46-13-3)41-44(31)17-19-48-50(9,10)36(5,6)7/h11,20-22,25,32H,1,12-19,23-24H2,2-10H3/t25-,32?/m0/s1. The van der Waals surface area contributed by atoms with Crippen molar-refractivity contribution in [2.24, 2.45) is 7.05 Å². The second-order valence-electron chi connectivity index (χ2n) is 14.5. The second-order valence-corrected chi connectivity index (χ2v) is 20.4. The molecule has 14 heteroatoms. The number of halogens is 1. The van der Waals surface area contributed by atoms with E-state index in [1.54, 1.807) is 10.8 Å². The van der Waals surface area contributed by atoms with Gasteiger partial charge in [0.1, 0.15) is 6.10 Å².